The summed E-state index contributed by atoms with van der Waals surface area (Å²) in [6, 6.07) is 11.3. The van der Waals surface area contributed by atoms with Crippen LogP contribution in [-0.4, -0.2) is 72.9 Å². The average molecular weight is 459 g/mol. The molecule has 1 N–H and O–H groups in total. The maximum Gasteiger partial charge on any atom is 0.329 e. The van der Waals surface area contributed by atoms with Gasteiger partial charge in [0, 0.05) is 31.6 Å². The largest absolute Gasteiger partial charge is 0.340 e. The Bertz CT molecular complexity index is 1170. The standard InChI is InChI=1S/C22H26N4O5S/c1-15(2)32(30,31)25-12-10-24(11-13-25)20(27)14-18-21(28)26(22(29)23-18)19-9-5-7-16-6-3-4-8-17(16)19/h3-9,15,18H,10-14H2,1-2H3,(H,23,29)/t18-/m0/s1. The predicted octanol–water partition coefficient (Wildman–Crippen LogP) is 1.54. The fourth-order valence-electron chi connectivity index (χ4n) is 4.09. The molecule has 0 radical (unpaired) electrons. The van der Waals surface area contributed by atoms with Crippen molar-refractivity contribution < 1.29 is 22.8 Å². The first-order chi connectivity index (χ1) is 15.2. The van der Waals surface area contributed by atoms with Crippen molar-refractivity contribution in [3.63, 3.8) is 0 Å². The number of nitrogens with one attached hydrogen (secondary N) is 1. The fraction of sp³-hybridized carbons (Fsp3) is 0.409. The Morgan fingerprint density at radius 2 is 1.69 bits per heavy atom. The number of fused-ring (bicyclic) bond motifs is 1. The Hall–Kier alpha value is -2.98. The van der Waals surface area contributed by atoms with E-state index in [1.807, 2.05) is 30.3 Å². The van der Waals surface area contributed by atoms with E-state index in [0.717, 1.165) is 15.7 Å². The van der Waals surface area contributed by atoms with E-state index in [0.29, 0.717) is 5.69 Å². The minimum Gasteiger partial charge on any atom is -0.340 e. The molecule has 0 spiro atoms. The van der Waals surface area contributed by atoms with Crippen LogP contribution in [0.15, 0.2) is 42.5 Å². The molecule has 2 aromatic carbocycles. The van der Waals surface area contributed by atoms with Crippen LogP contribution in [0, 0.1) is 0 Å². The van der Waals surface area contributed by atoms with Crippen molar-refractivity contribution in [2.24, 2.45) is 0 Å². The van der Waals surface area contributed by atoms with E-state index in [-0.39, 0.29) is 38.5 Å². The molecule has 2 aliphatic heterocycles. The summed E-state index contributed by atoms with van der Waals surface area (Å²) in [7, 11) is -3.37. The lowest BCUT2D eigenvalue weighted by Gasteiger charge is -2.35. The number of benzene rings is 2. The zero-order chi connectivity index (χ0) is 23.0. The maximum absolute atomic E-state index is 13.0. The van der Waals surface area contributed by atoms with Gasteiger partial charge in [-0.1, -0.05) is 36.4 Å². The summed E-state index contributed by atoms with van der Waals surface area (Å²) in [5, 5.41) is 3.77. The highest BCUT2D eigenvalue weighted by molar-refractivity contribution is 7.89. The van der Waals surface area contributed by atoms with E-state index in [4.69, 9.17) is 0 Å². The molecule has 2 fully saturated rings. The molecule has 0 aliphatic carbocycles. The Labute approximate surface area is 187 Å². The molecule has 10 heteroatoms. The van der Waals surface area contributed by atoms with Gasteiger partial charge in [-0.3, -0.25) is 9.59 Å². The molecule has 9 nitrogen and oxygen atoms in total. The SMILES string of the molecule is CC(C)S(=O)(=O)N1CCN(C(=O)C[C@@H]2NC(=O)N(c3cccc4ccccc34)C2=O)CC1. The lowest BCUT2D eigenvalue weighted by atomic mass is 10.1. The first kappa shape index (κ1) is 22.2. The summed E-state index contributed by atoms with van der Waals surface area (Å²) in [6.07, 6.45) is -0.164. The topological polar surface area (TPSA) is 107 Å². The van der Waals surface area contributed by atoms with Gasteiger partial charge in [0.05, 0.1) is 17.4 Å². The third-order valence-corrected chi connectivity index (χ3v) is 8.23. The molecular weight excluding hydrogens is 432 g/mol. The summed E-state index contributed by atoms with van der Waals surface area (Å²) >= 11 is 0. The van der Waals surface area contributed by atoms with Gasteiger partial charge in [-0.25, -0.2) is 18.1 Å². The van der Waals surface area contributed by atoms with Gasteiger partial charge >= 0.3 is 6.03 Å². The number of carbonyl (C=O) groups excluding carboxylic acids is 3. The zero-order valence-electron chi connectivity index (χ0n) is 18.0. The van der Waals surface area contributed by atoms with Crippen molar-refractivity contribution in [2.45, 2.75) is 31.6 Å². The normalized spacial score (nSPS) is 20.3. The van der Waals surface area contributed by atoms with E-state index in [1.165, 1.54) is 4.31 Å². The molecule has 0 saturated carbocycles. The number of rotatable bonds is 5. The number of amides is 4. The second kappa shape index (κ2) is 8.51. The first-order valence-electron chi connectivity index (χ1n) is 10.6. The van der Waals surface area contributed by atoms with Gasteiger partial charge in [0.15, 0.2) is 0 Å². The van der Waals surface area contributed by atoms with Crippen LogP contribution in [0.5, 0.6) is 0 Å². The predicted molar refractivity (Wildman–Crippen MR) is 121 cm³/mol. The Balaban J connectivity index is 1.43. The van der Waals surface area contributed by atoms with E-state index >= 15 is 0 Å². The van der Waals surface area contributed by atoms with Gasteiger partial charge in [0.1, 0.15) is 6.04 Å². The van der Waals surface area contributed by atoms with Gasteiger partial charge in [-0.2, -0.15) is 4.31 Å². The van der Waals surface area contributed by atoms with Crippen molar-refractivity contribution in [1.29, 1.82) is 0 Å². The molecule has 2 aromatic rings. The summed E-state index contributed by atoms with van der Waals surface area (Å²) in [5.74, 6) is -0.759. The molecule has 170 valence electrons. The van der Waals surface area contributed by atoms with E-state index in [1.54, 1.807) is 30.9 Å². The summed E-state index contributed by atoms with van der Waals surface area (Å²) in [6.45, 7) is 4.21. The Morgan fingerprint density at radius 1 is 1.03 bits per heavy atom. The van der Waals surface area contributed by atoms with Crippen molar-refractivity contribution in [1.82, 2.24) is 14.5 Å². The van der Waals surface area contributed by atoms with E-state index in [9.17, 15) is 22.8 Å². The number of nitrogens with zero attached hydrogens (tertiary/aromatic N) is 3. The minimum atomic E-state index is -3.37. The van der Waals surface area contributed by atoms with Gasteiger partial charge in [-0.15, -0.1) is 0 Å². The smallest absolute Gasteiger partial charge is 0.329 e. The number of piperazine rings is 1. The van der Waals surface area contributed by atoms with Crippen molar-refractivity contribution >= 4 is 44.3 Å². The number of sulfonamides is 1. The molecule has 2 aliphatic rings. The molecule has 2 heterocycles. The second-order valence-corrected chi connectivity index (χ2v) is 10.7. The first-order valence-corrected chi connectivity index (χ1v) is 12.1. The van der Waals surface area contributed by atoms with Crippen LogP contribution in [0.25, 0.3) is 10.8 Å². The summed E-state index contributed by atoms with van der Waals surface area (Å²) in [5.41, 5.74) is 0.480. The molecule has 4 rings (SSSR count). The number of hydrogen-bond acceptors (Lipinski definition) is 5. The number of urea groups is 1. The quantitative estimate of drug-likeness (QED) is 0.684. The zero-order valence-corrected chi connectivity index (χ0v) is 18.8. The van der Waals surface area contributed by atoms with Crippen molar-refractivity contribution in [3.05, 3.63) is 42.5 Å². The summed E-state index contributed by atoms with van der Waals surface area (Å²) in [4.78, 5) is 41.1. The molecule has 0 aromatic heterocycles. The Morgan fingerprint density at radius 3 is 2.38 bits per heavy atom. The van der Waals surface area contributed by atoms with Gasteiger partial charge in [0.2, 0.25) is 15.9 Å². The highest BCUT2D eigenvalue weighted by Crippen LogP contribution is 2.29. The van der Waals surface area contributed by atoms with Gasteiger partial charge in [0.25, 0.3) is 5.91 Å². The maximum atomic E-state index is 13.0. The van der Waals surface area contributed by atoms with Crippen LogP contribution < -0.4 is 10.2 Å². The van der Waals surface area contributed by atoms with Gasteiger partial charge < -0.3 is 10.2 Å². The lowest BCUT2D eigenvalue weighted by molar-refractivity contribution is -0.134. The van der Waals surface area contributed by atoms with Crippen LogP contribution in [0.2, 0.25) is 0 Å². The third kappa shape index (κ3) is 3.95. The lowest BCUT2D eigenvalue weighted by Crippen LogP contribution is -2.52. The molecule has 2 saturated heterocycles. The van der Waals surface area contributed by atoms with Gasteiger partial charge in [-0.05, 0) is 25.3 Å². The van der Waals surface area contributed by atoms with Crippen LogP contribution >= 0.6 is 0 Å². The van der Waals surface area contributed by atoms with Crippen LogP contribution in [-0.2, 0) is 19.6 Å². The molecular formula is C22H26N4O5S. The van der Waals surface area contributed by atoms with Crippen LogP contribution in [0.1, 0.15) is 20.3 Å². The minimum absolute atomic E-state index is 0.164. The number of carbonyl (C=O) groups is 3. The number of imide groups is 1. The molecule has 32 heavy (non-hydrogen) atoms. The molecule has 4 amide bonds. The second-order valence-electron chi connectivity index (χ2n) is 8.25. The molecule has 0 unspecified atom stereocenters. The van der Waals surface area contributed by atoms with Crippen molar-refractivity contribution in [3.8, 4) is 0 Å². The summed E-state index contributed by atoms with van der Waals surface area (Å²) < 4.78 is 26.0. The highest BCUT2D eigenvalue weighted by Gasteiger charge is 2.41. The molecule has 1 atom stereocenters. The third-order valence-electron chi connectivity index (χ3n) is 5.95. The van der Waals surface area contributed by atoms with E-state index < -0.39 is 33.3 Å². The monoisotopic (exact) mass is 458 g/mol. The number of hydrogen-bond donors (Lipinski definition) is 1. The highest BCUT2D eigenvalue weighted by atomic mass is 32.2. The molecule has 0 bridgehead atoms. The van der Waals surface area contributed by atoms with Crippen LogP contribution in [0.4, 0.5) is 10.5 Å². The number of anilines is 1. The van der Waals surface area contributed by atoms with Crippen molar-refractivity contribution in [2.75, 3.05) is 31.1 Å². The van der Waals surface area contributed by atoms with Crippen LogP contribution in [0.3, 0.4) is 0 Å². The fourth-order valence-corrected chi connectivity index (χ4v) is 5.36. The van der Waals surface area contributed by atoms with E-state index in [2.05, 4.69) is 5.32 Å². The Kier molecular flexibility index (Phi) is 5.91. The average Bonchev–Trinajstić information content (AvgIpc) is 3.05.